The third-order valence-electron chi connectivity index (χ3n) is 15.7. The van der Waals surface area contributed by atoms with Gasteiger partial charge in [-0.15, -0.1) is 0 Å². The second-order valence-electron chi connectivity index (χ2n) is 22.8. The highest BCUT2D eigenvalue weighted by Gasteiger charge is 2.48. The van der Waals surface area contributed by atoms with Gasteiger partial charge in [0.15, 0.2) is 0 Å². The van der Waals surface area contributed by atoms with Gasteiger partial charge in [0.05, 0.1) is 36.6 Å². The summed E-state index contributed by atoms with van der Waals surface area (Å²) in [5, 5.41) is 6.40. The molecule has 3 aromatic rings. The second kappa shape index (κ2) is 26.7. The number of nitrogens with zero attached hydrogens (tertiary/aromatic N) is 3. The number of esters is 1. The quantitative estimate of drug-likeness (QED) is 0.0872. The smallest absolute Gasteiger partial charge is 0.410 e. The Kier molecular flexibility index (Phi) is 21.6. The van der Waals surface area contributed by atoms with Crippen LogP contribution < -0.4 is 10.6 Å². The first-order valence-corrected chi connectivity index (χ1v) is 27.4. The van der Waals surface area contributed by atoms with E-state index in [1.165, 1.54) is 19.1 Å². The van der Waals surface area contributed by atoms with Gasteiger partial charge in [0.1, 0.15) is 30.3 Å². The Morgan fingerprint density at radius 3 is 1.88 bits per heavy atom. The Morgan fingerprint density at radius 2 is 1.36 bits per heavy atom. The summed E-state index contributed by atoms with van der Waals surface area (Å²) in [6, 6.07) is 18.9. The first-order valence-electron chi connectivity index (χ1n) is 27.1. The Balaban J connectivity index is 1.31. The van der Waals surface area contributed by atoms with Crippen LogP contribution in [0.15, 0.2) is 72.8 Å². The van der Waals surface area contributed by atoms with Crippen LogP contribution in [0.1, 0.15) is 125 Å². The first kappa shape index (κ1) is 61.3. The van der Waals surface area contributed by atoms with E-state index < -0.39 is 77.8 Å². The van der Waals surface area contributed by atoms with Gasteiger partial charge in [0.2, 0.25) is 23.6 Å². The van der Waals surface area contributed by atoms with Gasteiger partial charge in [-0.3, -0.25) is 24.1 Å². The molecule has 1 aliphatic carbocycles. The van der Waals surface area contributed by atoms with Crippen LogP contribution in [0.3, 0.4) is 0 Å². The normalized spacial score (nSPS) is 19.6. The zero-order valence-corrected chi connectivity index (χ0v) is 48.6. The number of benzene rings is 3. The molecule has 2 N–H and O–H groups in total. The number of amides is 5. The SMILES string of the molecule is CC[C@H](C)C(C(CC(=O)N1C(C)[C@@H](C)C[C@H]1[C@H](OC)[C@@H](C)C(=O)N[C@@H](Cc1ccccc1Cl)C(=O)OC(C)(C)C)OC)N(C)C(=O)[C@@H](NC(=O)[C@H](C(C)C)N(C)C(=O)OCC1c2ccccc2-c2ccccc21)C(C)C. The van der Waals surface area contributed by atoms with Gasteiger partial charge in [0, 0.05) is 51.7 Å². The number of likely N-dealkylation sites (N-methyl/N-ethyl adjacent to an activating group) is 2. The Hall–Kier alpha value is -5.51. The van der Waals surface area contributed by atoms with Crippen LogP contribution in [-0.4, -0.2) is 139 Å². The van der Waals surface area contributed by atoms with Gasteiger partial charge in [-0.05, 0) is 91.7 Å². The molecule has 11 atom stereocenters. The van der Waals surface area contributed by atoms with Crippen LogP contribution in [-0.2, 0) is 49.3 Å². The highest BCUT2D eigenvalue weighted by atomic mass is 35.5. The fraction of sp³-hybridized carbons (Fsp3) is 0.600. The second-order valence-corrected chi connectivity index (χ2v) is 23.2. The van der Waals surface area contributed by atoms with Gasteiger partial charge in [0.25, 0.3) is 0 Å². The van der Waals surface area contributed by atoms with Crippen molar-refractivity contribution in [3.8, 4) is 11.1 Å². The molecule has 1 heterocycles. The average molecular weight is 1070 g/mol. The molecular weight excluding hydrogens is 986 g/mol. The van der Waals surface area contributed by atoms with Crippen molar-refractivity contribution < 1.29 is 47.7 Å². The summed E-state index contributed by atoms with van der Waals surface area (Å²) >= 11 is 6.51. The fourth-order valence-electron chi connectivity index (χ4n) is 11.3. The summed E-state index contributed by atoms with van der Waals surface area (Å²) in [6.07, 6.45) is -0.984. The van der Waals surface area contributed by atoms with Crippen LogP contribution in [0.5, 0.6) is 0 Å². The van der Waals surface area contributed by atoms with E-state index in [2.05, 4.69) is 29.7 Å². The summed E-state index contributed by atoms with van der Waals surface area (Å²) in [7, 11) is 6.27. The standard InChI is InChI=1S/C60H86ClN5O10/c1-17-36(6)53(64(13)57(70)51(34(2)3)63-56(69)52(35(4)5)65(14)59(72)75-33-45-43-27-21-19-25-41(43)42-26-20-22-28-44(42)45)49(73-15)32-50(67)66-39(9)37(7)30-48(66)54(74-16)38(8)55(68)62-47(58(71)76-60(10,11)12)31-40-24-18-23-29-46(40)61/h18-29,34-39,45,47-49,51-54H,17,30-33H2,1-16H3,(H,62,68)(H,63,69)/t36-,37-,38+,39?,47-,48-,49?,51-,52-,53?,54+/m0/s1. The minimum Gasteiger partial charge on any atom is -0.458 e. The Labute approximate surface area is 457 Å². The Bertz CT molecular complexity index is 2450. The van der Waals surface area contributed by atoms with E-state index in [0.29, 0.717) is 23.4 Å². The van der Waals surface area contributed by atoms with Gasteiger partial charge in [-0.1, -0.05) is 140 Å². The number of hydrogen-bond donors (Lipinski definition) is 2. The van der Waals surface area contributed by atoms with Crippen LogP contribution in [0, 0.1) is 29.6 Å². The molecule has 0 aromatic heterocycles. The van der Waals surface area contributed by atoms with Crippen LogP contribution in [0.2, 0.25) is 5.02 Å². The molecular formula is C60H86ClN5O10. The lowest BCUT2D eigenvalue weighted by atomic mass is 9.89. The lowest BCUT2D eigenvalue weighted by Gasteiger charge is -2.41. The lowest BCUT2D eigenvalue weighted by molar-refractivity contribution is -0.159. The molecule has 5 rings (SSSR count). The number of methoxy groups -OCH3 is 2. The van der Waals surface area contributed by atoms with E-state index in [0.717, 1.165) is 22.3 Å². The van der Waals surface area contributed by atoms with Crippen LogP contribution in [0.25, 0.3) is 11.1 Å². The molecule has 5 amide bonds. The minimum atomic E-state index is -1.05. The van der Waals surface area contributed by atoms with Gasteiger partial charge in [-0.2, -0.15) is 0 Å². The van der Waals surface area contributed by atoms with Crippen molar-refractivity contribution in [3.05, 3.63) is 94.5 Å². The average Bonchev–Trinajstić information content (AvgIpc) is 3.85. The molecule has 0 bridgehead atoms. The maximum absolute atomic E-state index is 14.9. The number of halogens is 1. The molecule has 2 aliphatic rings. The number of likely N-dealkylation sites (tertiary alicyclic amines) is 1. The topological polar surface area (TPSA) is 173 Å². The molecule has 3 aromatic carbocycles. The molecule has 16 heteroatoms. The lowest BCUT2D eigenvalue weighted by Crippen LogP contribution is -2.60. The first-order chi connectivity index (χ1) is 35.8. The van der Waals surface area contributed by atoms with Crippen molar-refractivity contribution in [2.75, 3.05) is 34.9 Å². The van der Waals surface area contributed by atoms with Gasteiger partial charge >= 0.3 is 12.1 Å². The number of rotatable bonds is 23. The summed E-state index contributed by atoms with van der Waals surface area (Å²) in [5.74, 6) is -3.93. The molecule has 418 valence electrons. The molecule has 3 unspecified atom stereocenters. The molecule has 1 fully saturated rings. The van der Waals surface area contributed by atoms with Crippen molar-refractivity contribution in [2.45, 2.75) is 169 Å². The number of nitrogens with one attached hydrogen (secondary N) is 2. The number of hydrogen-bond acceptors (Lipinski definition) is 10. The molecule has 0 spiro atoms. The van der Waals surface area contributed by atoms with E-state index in [4.69, 9.17) is 30.5 Å². The largest absolute Gasteiger partial charge is 0.458 e. The summed E-state index contributed by atoms with van der Waals surface area (Å²) in [5.41, 5.74) is 4.21. The third kappa shape index (κ3) is 14.3. The molecule has 1 saturated heterocycles. The molecule has 0 radical (unpaired) electrons. The predicted molar refractivity (Wildman–Crippen MR) is 296 cm³/mol. The van der Waals surface area contributed by atoms with Crippen molar-refractivity contribution >= 4 is 47.3 Å². The Morgan fingerprint density at radius 1 is 0.776 bits per heavy atom. The number of ether oxygens (including phenoxy) is 4. The molecule has 1 aliphatic heterocycles. The van der Waals surface area contributed by atoms with E-state index >= 15 is 0 Å². The number of fused-ring (bicyclic) bond motifs is 3. The number of carbonyl (C=O) groups is 6. The third-order valence-corrected chi connectivity index (χ3v) is 16.1. The molecule has 15 nitrogen and oxygen atoms in total. The monoisotopic (exact) mass is 1070 g/mol. The zero-order valence-electron chi connectivity index (χ0n) is 47.8. The molecule has 0 saturated carbocycles. The maximum Gasteiger partial charge on any atom is 0.410 e. The predicted octanol–water partition coefficient (Wildman–Crippen LogP) is 9.31. The molecule has 76 heavy (non-hydrogen) atoms. The van der Waals surface area contributed by atoms with E-state index in [-0.39, 0.29) is 66.9 Å². The van der Waals surface area contributed by atoms with Crippen LogP contribution in [0.4, 0.5) is 4.79 Å². The number of carbonyl (C=O) groups excluding carboxylic acids is 6. The summed E-state index contributed by atoms with van der Waals surface area (Å²) in [6.45, 7) is 22.6. The summed E-state index contributed by atoms with van der Waals surface area (Å²) in [4.78, 5) is 90.6. The minimum absolute atomic E-state index is 0.0421. The van der Waals surface area contributed by atoms with Crippen molar-refractivity contribution in [3.63, 3.8) is 0 Å². The van der Waals surface area contributed by atoms with Gasteiger partial charge < -0.3 is 39.4 Å². The van der Waals surface area contributed by atoms with Gasteiger partial charge in [-0.25, -0.2) is 9.59 Å². The highest BCUT2D eigenvalue weighted by Crippen LogP contribution is 2.45. The fourth-order valence-corrected chi connectivity index (χ4v) is 11.5. The zero-order chi connectivity index (χ0) is 56.5. The van der Waals surface area contributed by atoms with E-state index in [1.54, 1.807) is 69.8 Å². The van der Waals surface area contributed by atoms with Crippen molar-refractivity contribution in [1.29, 1.82) is 0 Å². The van der Waals surface area contributed by atoms with Crippen molar-refractivity contribution in [1.82, 2.24) is 25.3 Å². The summed E-state index contributed by atoms with van der Waals surface area (Å²) < 4.78 is 24.0. The van der Waals surface area contributed by atoms with E-state index in [9.17, 15) is 28.8 Å². The van der Waals surface area contributed by atoms with E-state index in [1.807, 2.05) is 90.9 Å². The van der Waals surface area contributed by atoms with Crippen molar-refractivity contribution in [2.24, 2.45) is 29.6 Å². The highest BCUT2D eigenvalue weighted by molar-refractivity contribution is 6.31. The van der Waals surface area contributed by atoms with Crippen LogP contribution >= 0.6 is 11.6 Å². The maximum atomic E-state index is 14.9.